The minimum atomic E-state index is 0.0501. The van der Waals surface area contributed by atoms with Gasteiger partial charge in [0.05, 0.1) is 6.61 Å². The number of aliphatic hydroxyl groups is 1. The van der Waals surface area contributed by atoms with E-state index < -0.39 is 0 Å². The first-order valence-corrected chi connectivity index (χ1v) is 5.33. The number of aliphatic hydroxyl groups excluding tert-OH is 1. The van der Waals surface area contributed by atoms with Gasteiger partial charge in [-0.1, -0.05) is 29.8 Å². The third kappa shape index (κ3) is 2.18. The summed E-state index contributed by atoms with van der Waals surface area (Å²) in [5, 5.41) is 12.2. The fourth-order valence-corrected chi connectivity index (χ4v) is 1.65. The van der Waals surface area contributed by atoms with Gasteiger partial charge >= 0.3 is 0 Å². The number of nitrogens with one attached hydrogen (secondary N) is 1. The second-order valence-corrected chi connectivity index (χ2v) is 3.60. The van der Waals surface area contributed by atoms with Gasteiger partial charge in [-0.05, 0) is 12.1 Å². The van der Waals surface area contributed by atoms with Crippen molar-refractivity contribution in [1.29, 1.82) is 0 Å². The van der Waals surface area contributed by atoms with Gasteiger partial charge in [0.15, 0.2) is 11.0 Å². The molecule has 1 aromatic carbocycles. The molecule has 1 heterocycles. The van der Waals surface area contributed by atoms with E-state index in [1.807, 2.05) is 30.3 Å². The van der Waals surface area contributed by atoms with Crippen molar-refractivity contribution in [2.24, 2.45) is 0 Å². The van der Waals surface area contributed by atoms with Crippen LogP contribution in [0.25, 0.3) is 5.69 Å². The summed E-state index contributed by atoms with van der Waals surface area (Å²) in [6.45, 7) is 0.486. The van der Waals surface area contributed by atoms with Gasteiger partial charge in [0.1, 0.15) is 6.33 Å². The Hall–Kier alpha value is -1.52. The predicted octanol–water partition coefficient (Wildman–Crippen LogP) is 1.93. The molecule has 0 radical (unpaired) electrons. The zero-order valence-electron chi connectivity index (χ0n) is 8.60. The number of anilines is 1. The van der Waals surface area contributed by atoms with Gasteiger partial charge in [0, 0.05) is 12.2 Å². The van der Waals surface area contributed by atoms with Crippen LogP contribution in [0.1, 0.15) is 0 Å². The van der Waals surface area contributed by atoms with E-state index in [2.05, 4.69) is 10.3 Å². The number of para-hydroxylation sites is 1. The van der Waals surface area contributed by atoms with E-state index in [-0.39, 0.29) is 6.61 Å². The Morgan fingerprint density at radius 3 is 2.75 bits per heavy atom. The Labute approximate surface area is 98.5 Å². The van der Waals surface area contributed by atoms with E-state index in [1.165, 1.54) is 0 Å². The lowest BCUT2D eigenvalue weighted by molar-refractivity contribution is 0.311. The Kier molecular flexibility index (Phi) is 3.44. The normalized spacial score (nSPS) is 10.4. The second kappa shape index (κ2) is 5.01. The Bertz CT molecular complexity index is 456. The molecule has 1 aromatic heterocycles. The molecule has 0 aliphatic rings. The fourth-order valence-electron chi connectivity index (χ4n) is 1.40. The molecule has 2 N–H and O–H groups in total. The first-order chi connectivity index (χ1) is 7.83. The number of benzene rings is 1. The Morgan fingerprint density at radius 2 is 2.06 bits per heavy atom. The van der Waals surface area contributed by atoms with Crippen LogP contribution in [0.3, 0.4) is 0 Å². The van der Waals surface area contributed by atoms with Gasteiger partial charge in [0.2, 0.25) is 0 Å². The average Bonchev–Trinajstić information content (AvgIpc) is 2.69. The molecule has 84 valence electrons. The maximum Gasteiger partial charge on any atom is 0.164 e. The largest absolute Gasteiger partial charge is 0.395 e. The molecular weight excluding hydrogens is 226 g/mol. The second-order valence-electron chi connectivity index (χ2n) is 3.24. The number of aromatic nitrogens is 2. The first-order valence-electron chi connectivity index (χ1n) is 4.96. The lowest BCUT2D eigenvalue weighted by Crippen LogP contribution is -2.06. The zero-order chi connectivity index (χ0) is 11.4. The van der Waals surface area contributed by atoms with Crippen molar-refractivity contribution in [3.63, 3.8) is 0 Å². The molecule has 16 heavy (non-hydrogen) atoms. The molecule has 0 bridgehead atoms. The van der Waals surface area contributed by atoms with Crippen LogP contribution in [0.15, 0.2) is 36.7 Å². The van der Waals surface area contributed by atoms with Crippen LogP contribution in [0.5, 0.6) is 0 Å². The van der Waals surface area contributed by atoms with Crippen molar-refractivity contribution >= 4 is 17.4 Å². The summed E-state index contributed by atoms with van der Waals surface area (Å²) in [4.78, 5) is 4.14. The summed E-state index contributed by atoms with van der Waals surface area (Å²) in [5.74, 6) is 0.583. The summed E-state index contributed by atoms with van der Waals surface area (Å²) in [5.41, 5.74) is 0.956. The van der Waals surface area contributed by atoms with Crippen molar-refractivity contribution in [1.82, 2.24) is 9.55 Å². The van der Waals surface area contributed by atoms with E-state index in [1.54, 1.807) is 10.9 Å². The van der Waals surface area contributed by atoms with Gasteiger partial charge in [-0.15, -0.1) is 0 Å². The van der Waals surface area contributed by atoms with Crippen LogP contribution >= 0.6 is 11.6 Å². The number of hydrogen-bond donors (Lipinski definition) is 2. The summed E-state index contributed by atoms with van der Waals surface area (Å²) in [7, 11) is 0. The number of nitrogens with zero attached hydrogens (tertiary/aromatic N) is 2. The molecular formula is C11H12ClN3O. The van der Waals surface area contributed by atoms with Gasteiger partial charge < -0.3 is 10.4 Å². The quantitative estimate of drug-likeness (QED) is 0.854. The third-order valence-corrected chi connectivity index (χ3v) is 2.51. The summed E-state index contributed by atoms with van der Waals surface area (Å²) < 4.78 is 1.78. The van der Waals surface area contributed by atoms with Gasteiger partial charge in [-0.25, -0.2) is 4.98 Å². The maximum atomic E-state index is 8.70. The standard InChI is InChI=1S/C11H12ClN3O/c12-10-11(13-6-7-16)14-8-15(10)9-4-2-1-3-5-9/h1-5,8,13,16H,6-7H2. The van der Waals surface area contributed by atoms with Crippen LogP contribution in [0.2, 0.25) is 5.15 Å². The Balaban J connectivity index is 2.27. The lowest BCUT2D eigenvalue weighted by atomic mass is 10.3. The molecule has 2 rings (SSSR count). The molecule has 2 aromatic rings. The molecule has 0 amide bonds. The highest BCUT2D eigenvalue weighted by Gasteiger charge is 2.08. The van der Waals surface area contributed by atoms with Crippen molar-refractivity contribution in [2.75, 3.05) is 18.5 Å². The summed E-state index contributed by atoms with van der Waals surface area (Å²) in [6, 6.07) is 9.71. The molecule has 0 atom stereocenters. The molecule has 0 aliphatic carbocycles. The molecule has 4 nitrogen and oxygen atoms in total. The highest BCUT2D eigenvalue weighted by atomic mass is 35.5. The van der Waals surface area contributed by atoms with Crippen LogP contribution < -0.4 is 5.32 Å². The van der Waals surface area contributed by atoms with E-state index in [9.17, 15) is 0 Å². The number of halogens is 1. The van der Waals surface area contributed by atoms with Crippen molar-refractivity contribution in [2.45, 2.75) is 0 Å². The Morgan fingerprint density at radius 1 is 1.31 bits per heavy atom. The zero-order valence-corrected chi connectivity index (χ0v) is 9.35. The van der Waals surface area contributed by atoms with E-state index >= 15 is 0 Å². The molecule has 0 saturated carbocycles. The van der Waals surface area contributed by atoms with Crippen molar-refractivity contribution in [3.05, 3.63) is 41.8 Å². The van der Waals surface area contributed by atoms with Crippen LogP contribution in [0, 0.1) is 0 Å². The molecule has 5 heteroatoms. The molecule has 0 fully saturated rings. The van der Waals surface area contributed by atoms with Gasteiger partial charge in [-0.2, -0.15) is 0 Å². The SMILES string of the molecule is OCCNc1ncn(-c2ccccc2)c1Cl. The third-order valence-electron chi connectivity index (χ3n) is 2.15. The topological polar surface area (TPSA) is 50.1 Å². The van der Waals surface area contributed by atoms with Crippen LogP contribution in [-0.4, -0.2) is 27.8 Å². The van der Waals surface area contributed by atoms with Crippen molar-refractivity contribution < 1.29 is 5.11 Å². The maximum absolute atomic E-state index is 8.70. The highest BCUT2D eigenvalue weighted by molar-refractivity contribution is 6.32. The monoisotopic (exact) mass is 237 g/mol. The molecule has 0 spiro atoms. The van der Waals surface area contributed by atoms with Crippen LogP contribution in [0.4, 0.5) is 5.82 Å². The highest BCUT2D eigenvalue weighted by Crippen LogP contribution is 2.23. The number of imidazole rings is 1. The number of hydrogen-bond acceptors (Lipinski definition) is 3. The first kappa shape index (κ1) is 11.0. The minimum absolute atomic E-state index is 0.0501. The predicted molar refractivity (Wildman–Crippen MR) is 64.1 cm³/mol. The van der Waals surface area contributed by atoms with Crippen molar-refractivity contribution in [3.8, 4) is 5.69 Å². The molecule has 0 saturated heterocycles. The fraction of sp³-hybridized carbons (Fsp3) is 0.182. The van der Waals surface area contributed by atoms with Gasteiger partial charge in [0.25, 0.3) is 0 Å². The minimum Gasteiger partial charge on any atom is -0.395 e. The molecule has 0 aliphatic heterocycles. The van der Waals surface area contributed by atoms with E-state index in [0.29, 0.717) is 17.5 Å². The summed E-state index contributed by atoms with van der Waals surface area (Å²) >= 11 is 6.15. The van der Waals surface area contributed by atoms with Crippen LogP contribution in [-0.2, 0) is 0 Å². The molecule has 0 unspecified atom stereocenters. The smallest absolute Gasteiger partial charge is 0.164 e. The summed E-state index contributed by atoms with van der Waals surface area (Å²) in [6.07, 6.45) is 1.65. The lowest BCUT2D eigenvalue weighted by Gasteiger charge is -2.04. The average molecular weight is 238 g/mol. The number of rotatable bonds is 4. The van der Waals surface area contributed by atoms with E-state index in [0.717, 1.165) is 5.69 Å². The van der Waals surface area contributed by atoms with E-state index in [4.69, 9.17) is 16.7 Å². The van der Waals surface area contributed by atoms with Gasteiger partial charge in [-0.3, -0.25) is 4.57 Å².